The highest BCUT2D eigenvalue weighted by Gasteiger charge is 2.36. The number of piperidine rings is 1. The van der Waals surface area contributed by atoms with Crippen LogP contribution in [0, 0.1) is 0 Å². The Morgan fingerprint density at radius 3 is 2.50 bits per heavy atom. The van der Waals surface area contributed by atoms with Crippen molar-refractivity contribution >= 4 is 17.8 Å². The van der Waals surface area contributed by atoms with E-state index in [0.29, 0.717) is 12.0 Å². The van der Waals surface area contributed by atoms with E-state index < -0.39 is 24.5 Å². The van der Waals surface area contributed by atoms with Gasteiger partial charge in [-0.3, -0.25) is 9.59 Å². The van der Waals surface area contributed by atoms with Gasteiger partial charge < -0.3 is 20.4 Å². The van der Waals surface area contributed by atoms with Crippen LogP contribution in [0.5, 0.6) is 0 Å². The number of carbonyl (C=O) groups is 3. The molecule has 7 nitrogen and oxygen atoms in total. The molecule has 1 aliphatic heterocycles. The lowest BCUT2D eigenvalue weighted by molar-refractivity contribution is -0.153. The minimum atomic E-state index is -1.14. The van der Waals surface area contributed by atoms with E-state index >= 15 is 0 Å². The van der Waals surface area contributed by atoms with Gasteiger partial charge in [0.15, 0.2) is 0 Å². The molecule has 1 heterocycles. The van der Waals surface area contributed by atoms with Crippen LogP contribution in [0.3, 0.4) is 0 Å². The molecule has 1 saturated heterocycles. The molecular weight excluding hydrogens is 288 g/mol. The summed E-state index contributed by atoms with van der Waals surface area (Å²) < 4.78 is 0. The van der Waals surface area contributed by atoms with Gasteiger partial charge in [0.1, 0.15) is 12.6 Å². The Morgan fingerprint density at radius 2 is 1.91 bits per heavy atom. The van der Waals surface area contributed by atoms with Crippen LogP contribution in [0.4, 0.5) is 0 Å². The summed E-state index contributed by atoms with van der Waals surface area (Å²) in [5.74, 6) is -2.02. The summed E-state index contributed by atoms with van der Waals surface area (Å²) in [6.07, 6.45) is 0.577. The van der Waals surface area contributed by atoms with E-state index in [-0.39, 0.29) is 24.9 Å². The first-order valence-corrected chi connectivity index (χ1v) is 7.02. The second-order valence-electron chi connectivity index (χ2n) is 5.16. The Morgan fingerprint density at radius 1 is 1.23 bits per heavy atom. The molecule has 3 N–H and O–H groups in total. The summed E-state index contributed by atoms with van der Waals surface area (Å²) in [7, 11) is 0. The number of carboxylic acid groups (broad SMARTS) is 1. The van der Waals surface area contributed by atoms with Crippen molar-refractivity contribution in [2.75, 3.05) is 13.2 Å². The molecule has 1 aromatic rings. The zero-order valence-corrected chi connectivity index (χ0v) is 11.9. The number of rotatable bonds is 4. The SMILES string of the molecule is O=C(N[C@H]1CCN(C(=O)CO)[C@H](C(=O)O)C1)c1ccccc1. The monoisotopic (exact) mass is 306 g/mol. The zero-order valence-electron chi connectivity index (χ0n) is 11.9. The Labute approximate surface area is 127 Å². The molecule has 0 saturated carbocycles. The van der Waals surface area contributed by atoms with E-state index in [0.717, 1.165) is 4.90 Å². The van der Waals surface area contributed by atoms with Crippen molar-refractivity contribution in [1.29, 1.82) is 0 Å². The number of aliphatic hydroxyl groups excluding tert-OH is 1. The molecule has 0 aromatic heterocycles. The summed E-state index contributed by atoms with van der Waals surface area (Å²) in [5.41, 5.74) is 0.503. The van der Waals surface area contributed by atoms with Crippen molar-refractivity contribution in [3.8, 4) is 0 Å². The number of amides is 2. The lowest BCUT2D eigenvalue weighted by atomic mass is 9.96. The number of likely N-dealkylation sites (tertiary alicyclic amines) is 1. The summed E-state index contributed by atoms with van der Waals surface area (Å²) in [6.45, 7) is -0.527. The molecular formula is C15H18N2O5. The Hall–Kier alpha value is -2.41. The summed E-state index contributed by atoms with van der Waals surface area (Å²) in [6, 6.07) is 7.29. The normalized spacial score (nSPS) is 21.2. The number of nitrogens with zero attached hydrogens (tertiary/aromatic N) is 1. The maximum Gasteiger partial charge on any atom is 0.326 e. The van der Waals surface area contributed by atoms with E-state index in [2.05, 4.69) is 5.32 Å². The molecule has 0 bridgehead atoms. The lowest BCUT2D eigenvalue weighted by Gasteiger charge is -2.37. The number of benzene rings is 1. The fraction of sp³-hybridized carbons (Fsp3) is 0.400. The standard InChI is InChI=1S/C15H18N2O5/c18-9-13(19)17-7-6-11(8-12(17)15(21)22)16-14(20)10-4-2-1-3-5-10/h1-5,11-12,18H,6-9H2,(H,16,20)(H,21,22)/t11-,12-/m0/s1. The first-order valence-electron chi connectivity index (χ1n) is 7.02. The predicted octanol–water partition coefficient (Wildman–Crippen LogP) is -0.147. The molecule has 2 rings (SSSR count). The zero-order chi connectivity index (χ0) is 16.1. The van der Waals surface area contributed by atoms with Crippen LogP contribution < -0.4 is 5.32 Å². The largest absolute Gasteiger partial charge is 0.480 e. The smallest absolute Gasteiger partial charge is 0.326 e. The number of carboxylic acids is 1. The molecule has 0 radical (unpaired) electrons. The maximum atomic E-state index is 12.1. The quantitative estimate of drug-likeness (QED) is 0.717. The topological polar surface area (TPSA) is 107 Å². The molecule has 0 spiro atoms. The number of aliphatic carboxylic acids is 1. The van der Waals surface area contributed by atoms with Gasteiger partial charge in [0.05, 0.1) is 0 Å². The fourth-order valence-corrected chi connectivity index (χ4v) is 2.58. The van der Waals surface area contributed by atoms with Gasteiger partial charge in [-0.15, -0.1) is 0 Å². The van der Waals surface area contributed by atoms with Gasteiger partial charge in [-0.05, 0) is 25.0 Å². The number of carbonyl (C=O) groups excluding carboxylic acids is 2. The first kappa shape index (κ1) is 16.0. The Kier molecular flexibility index (Phi) is 5.11. The van der Waals surface area contributed by atoms with Gasteiger partial charge in [0.25, 0.3) is 5.91 Å². The van der Waals surface area contributed by atoms with E-state index in [4.69, 9.17) is 5.11 Å². The number of hydrogen-bond acceptors (Lipinski definition) is 4. The summed E-state index contributed by atoms with van der Waals surface area (Å²) in [5, 5.41) is 20.9. The molecule has 2 atom stereocenters. The molecule has 22 heavy (non-hydrogen) atoms. The van der Waals surface area contributed by atoms with Gasteiger partial charge in [0, 0.05) is 18.2 Å². The average molecular weight is 306 g/mol. The third kappa shape index (κ3) is 3.62. The van der Waals surface area contributed by atoms with Crippen LogP contribution in [-0.2, 0) is 9.59 Å². The lowest BCUT2D eigenvalue weighted by Crippen LogP contribution is -2.55. The van der Waals surface area contributed by atoms with Gasteiger partial charge >= 0.3 is 5.97 Å². The van der Waals surface area contributed by atoms with Gasteiger partial charge in [-0.1, -0.05) is 18.2 Å². The van der Waals surface area contributed by atoms with Crippen LogP contribution in [0.2, 0.25) is 0 Å². The minimum Gasteiger partial charge on any atom is -0.480 e. The van der Waals surface area contributed by atoms with E-state index in [9.17, 15) is 19.5 Å². The van der Waals surface area contributed by atoms with Gasteiger partial charge in [0.2, 0.25) is 5.91 Å². The summed E-state index contributed by atoms with van der Waals surface area (Å²) >= 11 is 0. The fourth-order valence-electron chi connectivity index (χ4n) is 2.58. The third-order valence-corrected chi connectivity index (χ3v) is 3.71. The van der Waals surface area contributed by atoms with Crippen LogP contribution in [0.25, 0.3) is 0 Å². The van der Waals surface area contributed by atoms with Crippen molar-refractivity contribution in [3.05, 3.63) is 35.9 Å². The van der Waals surface area contributed by atoms with Crippen LogP contribution in [0.15, 0.2) is 30.3 Å². The number of nitrogens with one attached hydrogen (secondary N) is 1. The Bertz CT molecular complexity index is 560. The molecule has 0 aliphatic carbocycles. The molecule has 2 amide bonds. The molecule has 1 aliphatic rings. The van der Waals surface area contributed by atoms with Gasteiger partial charge in [-0.25, -0.2) is 4.79 Å². The van der Waals surface area contributed by atoms with Crippen molar-refractivity contribution in [2.45, 2.75) is 24.9 Å². The molecule has 1 aromatic carbocycles. The molecule has 1 fully saturated rings. The second-order valence-corrected chi connectivity index (χ2v) is 5.16. The third-order valence-electron chi connectivity index (χ3n) is 3.71. The van der Waals surface area contributed by atoms with Gasteiger partial charge in [-0.2, -0.15) is 0 Å². The highest BCUT2D eigenvalue weighted by molar-refractivity contribution is 5.94. The minimum absolute atomic E-state index is 0.125. The van der Waals surface area contributed by atoms with E-state index in [1.807, 2.05) is 0 Å². The average Bonchev–Trinajstić information content (AvgIpc) is 2.54. The highest BCUT2D eigenvalue weighted by Crippen LogP contribution is 2.18. The first-order chi connectivity index (χ1) is 10.5. The highest BCUT2D eigenvalue weighted by atomic mass is 16.4. The molecule has 118 valence electrons. The van der Waals surface area contributed by atoms with Crippen molar-refractivity contribution in [3.63, 3.8) is 0 Å². The molecule has 0 unspecified atom stereocenters. The van der Waals surface area contributed by atoms with Crippen molar-refractivity contribution < 1.29 is 24.6 Å². The predicted molar refractivity (Wildman–Crippen MR) is 77.2 cm³/mol. The van der Waals surface area contributed by atoms with Crippen LogP contribution in [0.1, 0.15) is 23.2 Å². The van der Waals surface area contributed by atoms with E-state index in [1.165, 1.54) is 0 Å². The second kappa shape index (κ2) is 7.04. The van der Waals surface area contributed by atoms with Crippen molar-refractivity contribution in [1.82, 2.24) is 10.2 Å². The number of hydrogen-bond donors (Lipinski definition) is 3. The number of aliphatic hydroxyl groups is 1. The van der Waals surface area contributed by atoms with Crippen LogP contribution in [-0.4, -0.2) is 58.1 Å². The molecule has 7 heteroatoms. The summed E-state index contributed by atoms with van der Waals surface area (Å²) in [4.78, 5) is 36.1. The maximum absolute atomic E-state index is 12.1. The van der Waals surface area contributed by atoms with Crippen LogP contribution >= 0.6 is 0 Å². The van der Waals surface area contributed by atoms with E-state index in [1.54, 1.807) is 30.3 Å². The van der Waals surface area contributed by atoms with Crippen molar-refractivity contribution in [2.24, 2.45) is 0 Å². The Balaban J connectivity index is 2.02.